The predicted molar refractivity (Wildman–Crippen MR) is 133 cm³/mol. The van der Waals surface area contributed by atoms with Gasteiger partial charge in [0.25, 0.3) is 0 Å². The predicted octanol–water partition coefficient (Wildman–Crippen LogP) is 3.77. The summed E-state index contributed by atoms with van der Waals surface area (Å²) < 4.78 is 5.12. The van der Waals surface area contributed by atoms with E-state index < -0.39 is 6.04 Å². The lowest BCUT2D eigenvalue weighted by atomic mass is 9.93. The van der Waals surface area contributed by atoms with Gasteiger partial charge in [-0.3, -0.25) is 14.5 Å². The molecule has 1 rings (SSSR count). The molecule has 1 saturated heterocycles. The summed E-state index contributed by atoms with van der Waals surface area (Å²) in [4.78, 5) is 43.0. The number of amides is 2. The molecule has 190 valence electrons. The van der Waals surface area contributed by atoms with Gasteiger partial charge in [0.15, 0.2) is 0 Å². The van der Waals surface area contributed by atoms with Crippen LogP contribution in [0.25, 0.3) is 0 Å². The average Bonchev–Trinajstić information content (AvgIpc) is 2.79. The molecule has 0 spiro atoms. The van der Waals surface area contributed by atoms with Crippen LogP contribution in [0.15, 0.2) is 11.6 Å². The lowest BCUT2D eigenvalue weighted by Crippen LogP contribution is -2.58. The van der Waals surface area contributed by atoms with E-state index in [-0.39, 0.29) is 47.7 Å². The van der Waals surface area contributed by atoms with E-state index in [2.05, 4.69) is 37.9 Å². The van der Waals surface area contributed by atoms with Gasteiger partial charge in [-0.25, -0.2) is 4.79 Å². The summed E-state index contributed by atoms with van der Waals surface area (Å²) in [6.07, 6.45) is 5.61. The van der Waals surface area contributed by atoms with Gasteiger partial charge < -0.3 is 15.0 Å². The van der Waals surface area contributed by atoms with Crippen molar-refractivity contribution in [1.82, 2.24) is 15.1 Å². The van der Waals surface area contributed by atoms with Crippen molar-refractivity contribution in [1.29, 1.82) is 0 Å². The highest BCUT2D eigenvalue weighted by atomic mass is 16.5. The van der Waals surface area contributed by atoms with Crippen LogP contribution in [0.3, 0.4) is 0 Å². The summed E-state index contributed by atoms with van der Waals surface area (Å²) in [5.41, 5.74) is 0.488. The van der Waals surface area contributed by atoms with E-state index in [1.165, 1.54) is 0 Å². The molecule has 0 radical (unpaired) electrons. The zero-order chi connectivity index (χ0) is 25.3. The van der Waals surface area contributed by atoms with Crippen LogP contribution in [-0.4, -0.2) is 72.0 Å². The smallest absolute Gasteiger partial charge is 0.333 e. The van der Waals surface area contributed by atoms with Crippen molar-refractivity contribution in [2.45, 2.75) is 105 Å². The van der Waals surface area contributed by atoms with Crippen molar-refractivity contribution >= 4 is 17.8 Å². The summed E-state index contributed by atoms with van der Waals surface area (Å²) in [6.45, 7) is 17.0. The highest BCUT2D eigenvalue weighted by Gasteiger charge is 2.36. The number of nitrogens with zero attached hydrogens (tertiary/aromatic N) is 2. The number of ether oxygens (including phenoxy) is 1. The van der Waals surface area contributed by atoms with Crippen molar-refractivity contribution in [2.75, 3.05) is 20.2 Å². The van der Waals surface area contributed by atoms with Crippen LogP contribution < -0.4 is 5.32 Å². The maximum absolute atomic E-state index is 13.6. The monoisotopic (exact) mass is 465 g/mol. The molecule has 1 N–H and O–H groups in total. The topological polar surface area (TPSA) is 79.0 Å². The zero-order valence-electron chi connectivity index (χ0n) is 22.3. The SMILES string of the molecule is CCOC(=O)/C(C)=C/C([C@@H](C)CC)N(C)C(=O)[C@@H](NC(=O)[C@H]1CCCCN1C(C)C)C(C)C. The van der Waals surface area contributed by atoms with Crippen LogP contribution in [0.5, 0.6) is 0 Å². The van der Waals surface area contributed by atoms with Crippen molar-refractivity contribution in [3.63, 3.8) is 0 Å². The van der Waals surface area contributed by atoms with Crippen LogP contribution in [0, 0.1) is 11.8 Å². The van der Waals surface area contributed by atoms with E-state index in [0.717, 1.165) is 32.2 Å². The van der Waals surface area contributed by atoms with Gasteiger partial charge in [0, 0.05) is 18.7 Å². The number of carbonyl (C=O) groups excluding carboxylic acids is 3. The van der Waals surface area contributed by atoms with Gasteiger partial charge in [0.2, 0.25) is 11.8 Å². The quantitative estimate of drug-likeness (QED) is 0.371. The van der Waals surface area contributed by atoms with Crippen LogP contribution in [0.4, 0.5) is 0 Å². The maximum Gasteiger partial charge on any atom is 0.333 e. The number of likely N-dealkylation sites (tertiary alicyclic amines) is 1. The average molecular weight is 466 g/mol. The molecule has 4 atom stereocenters. The Hall–Kier alpha value is -1.89. The van der Waals surface area contributed by atoms with E-state index in [1.54, 1.807) is 25.8 Å². The third-order valence-electron chi connectivity index (χ3n) is 6.78. The fraction of sp³-hybridized carbons (Fsp3) is 0.808. The van der Waals surface area contributed by atoms with Gasteiger partial charge >= 0.3 is 5.97 Å². The molecule has 0 aromatic heterocycles. The minimum Gasteiger partial charge on any atom is -0.463 e. The van der Waals surface area contributed by atoms with Gasteiger partial charge in [0.1, 0.15) is 6.04 Å². The summed E-state index contributed by atoms with van der Waals surface area (Å²) >= 11 is 0. The van der Waals surface area contributed by atoms with Gasteiger partial charge in [-0.2, -0.15) is 0 Å². The Balaban J connectivity index is 3.10. The summed E-state index contributed by atoms with van der Waals surface area (Å²) in [5.74, 6) is -0.494. The van der Waals surface area contributed by atoms with E-state index in [1.807, 2.05) is 19.9 Å². The molecule has 0 bridgehead atoms. The Labute approximate surface area is 201 Å². The number of hydrogen-bond acceptors (Lipinski definition) is 5. The van der Waals surface area contributed by atoms with Gasteiger partial charge in [-0.15, -0.1) is 0 Å². The summed E-state index contributed by atoms with van der Waals surface area (Å²) in [6, 6.07) is -0.815. The Morgan fingerprint density at radius 2 is 1.76 bits per heavy atom. The van der Waals surface area contributed by atoms with Crippen molar-refractivity contribution in [2.24, 2.45) is 11.8 Å². The van der Waals surface area contributed by atoms with Crippen LogP contribution in [0.2, 0.25) is 0 Å². The Morgan fingerprint density at radius 3 is 2.27 bits per heavy atom. The minimum atomic E-state index is -0.624. The molecule has 0 aliphatic carbocycles. The zero-order valence-corrected chi connectivity index (χ0v) is 22.3. The number of carbonyl (C=O) groups is 3. The van der Waals surface area contributed by atoms with Crippen LogP contribution >= 0.6 is 0 Å². The highest BCUT2D eigenvalue weighted by Crippen LogP contribution is 2.22. The van der Waals surface area contributed by atoms with Crippen LogP contribution in [0.1, 0.15) is 81.1 Å². The van der Waals surface area contributed by atoms with Crippen molar-refractivity contribution in [3.05, 3.63) is 11.6 Å². The van der Waals surface area contributed by atoms with E-state index in [9.17, 15) is 14.4 Å². The van der Waals surface area contributed by atoms with Crippen molar-refractivity contribution < 1.29 is 19.1 Å². The van der Waals surface area contributed by atoms with E-state index >= 15 is 0 Å². The maximum atomic E-state index is 13.6. The number of nitrogens with one attached hydrogen (secondary N) is 1. The number of esters is 1. The lowest BCUT2D eigenvalue weighted by molar-refractivity contribution is -0.140. The first-order valence-corrected chi connectivity index (χ1v) is 12.6. The second kappa shape index (κ2) is 13.7. The second-order valence-corrected chi connectivity index (χ2v) is 9.97. The molecule has 0 aromatic rings. The Kier molecular flexibility index (Phi) is 12.1. The molecule has 7 heteroatoms. The molecular formula is C26H47N3O4. The third kappa shape index (κ3) is 8.13. The molecule has 1 aliphatic heterocycles. The fourth-order valence-corrected chi connectivity index (χ4v) is 4.45. The first-order valence-electron chi connectivity index (χ1n) is 12.6. The molecule has 1 aliphatic rings. The minimum absolute atomic E-state index is 0.0623. The first kappa shape index (κ1) is 29.1. The standard InChI is InChI=1S/C26H47N3O4/c1-10-19(7)22(16-20(8)26(32)33-11-2)28(9)25(31)23(17(3)4)27-24(30)21-14-12-13-15-29(21)18(5)6/h16-19,21-23H,10-15H2,1-9H3,(H,27,30)/b20-16+/t19-,21+,22?,23-/m0/s1. The van der Waals surface area contributed by atoms with Crippen LogP contribution in [-0.2, 0) is 19.1 Å². The summed E-state index contributed by atoms with van der Waals surface area (Å²) in [5, 5.41) is 3.08. The lowest BCUT2D eigenvalue weighted by Gasteiger charge is -2.39. The molecule has 1 heterocycles. The molecule has 1 unspecified atom stereocenters. The summed E-state index contributed by atoms with van der Waals surface area (Å²) in [7, 11) is 1.76. The number of likely N-dealkylation sites (N-methyl/N-ethyl adjacent to an activating group) is 1. The van der Waals surface area contributed by atoms with E-state index in [0.29, 0.717) is 12.2 Å². The molecule has 2 amide bonds. The Bertz CT molecular complexity index is 689. The van der Waals surface area contributed by atoms with Gasteiger partial charge in [0.05, 0.1) is 18.7 Å². The van der Waals surface area contributed by atoms with Crippen molar-refractivity contribution in [3.8, 4) is 0 Å². The van der Waals surface area contributed by atoms with Gasteiger partial charge in [-0.05, 0) is 58.9 Å². The number of piperidine rings is 1. The molecule has 0 aromatic carbocycles. The largest absolute Gasteiger partial charge is 0.463 e. The number of hydrogen-bond donors (Lipinski definition) is 1. The Morgan fingerprint density at radius 1 is 1.12 bits per heavy atom. The normalized spacial score (nSPS) is 20.3. The first-order chi connectivity index (χ1) is 15.5. The molecule has 0 saturated carbocycles. The van der Waals surface area contributed by atoms with Gasteiger partial charge in [-0.1, -0.05) is 46.6 Å². The molecule has 7 nitrogen and oxygen atoms in total. The number of rotatable bonds is 11. The molecule has 33 heavy (non-hydrogen) atoms. The molecular weight excluding hydrogens is 418 g/mol. The third-order valence-corrected chi connectivity index (χ3v) is 6.78. The highest BCUT2D eigenvalue weighted by molar-refractivity contribution is 5.91. The van der Waals surface area contributed by atoms with E-state index in [4.69, 9.17) is 4.74 Å². The molecule has 1 fully saturated rings. The fourth-order valence-electron chi connectivity index (χ4n) is 4.45. The second-order valence-electron chi connectivity index (χ2n) is 9.97.